The SMILES string of the molecule is Cc1ccc(C)c(-n2c(=S)[nH]c3ccc(Cl)cc32)c1. The predicted octanol–water partition coefficient (Wildman–Crippen LogP) is 4.96. The lowest BCUT2D eigenvalue weighted by atomic mass is 10.1. The van der Waals surface area contributed by atoms with Crippen LogP contribution in [0.4, 0.5) is 0 Å². The zero-order valence-electron chi connectivity index (χ0n) is 10.7. The second-order valence-corrected chi connectivity index (χ2v) is 5.54. The molecule has 0 aliphatic heterocycles. The Morgan fingerprint density at radius 1 is 1.11 bits per heavy atom. The van der Waals surface area contributed by atoms with E-state index in [9.17, 15) is 0 Å². The number of H-pyrrole nitrogens is 1. The molecule has 1 aromatic heterocycles. The lowest BCUT2D eigenvalue weighted by Crippen LogP contribution is -1.97. The molecule has 0 spiro atoms. The minimum absolute atomic E-state index is 0.686. The maximum atomic E-state index is 6.10. The summed E-state index contributed by atoms with van der Waals surface area (Å²) in [6, 6.07) is 12.1. The van der Waals surface area contributed by atoms with Crippen LogP contribution in [0.1, 0.15) is 11.1 Å². The molecule has 2 nitrogen and oxygen atoms in total. The highest BCUT2D eigenvalue weighted by atomic mass is 35.5. The molecular formula is C15H13ClN2S. The van der Waals surface area contributed by atoms with Crippen LogP contribution >= 0.6 is 23.8 Å². The number of halogens is 1. The molecule has 3 aromatic rings. The molecule has 0 unspecified atom stereocenters. The Labute approximate surface area is 121 Å². The highest BCUT2D eigenvalue weighted by Gasteiger charge is 2.09. The molecule has 0 bridgehead atoms. The first-order chi connectivity index (χ1) is 9.06. The number of nitrogens with zero attached hydrogens (tertiary/aromatic N) is 1. The molecule has 19 heavy (non-hydrogen) atoms. The minimum Gasteiger partial charge on any atom is -0.330 e. The summed E-state index contributed by atoms with van der Waals surface area (Å²) < 4.78 is 2.73. The molecule has 0 radical (unpaired) electrons. The molecular weight excluding hydrogens is 276 g/mol. The smallest absolute Gasteiger partial charge is 0.182 e. The summed E-state index contributed by atoms with van der Waals surface area (Å²) in [6.07, 6.45) is 0. The monoisotopic (exact) mass is 288 g/mol. The summed E-state index contributed by atoms with van der Waals surface area (Å²) >= 11 is 11.5. The van der Waals surface area contributed by atoms with E-state index in [1.807, 2.05) is 22.8 Å². The van der Waals surface area contributed by atoms with Gasteiger partial charge in [0.1, 0.15) is 0 Å². The maximum Gasteiger partial charge on any atom is 0.182 e. The van der Waals surface area contributed by atoms with Crippen molar-refractivity contribution >= 4 is 34.9 Å². The normalized spacial score (nSPS) is 11.1. The minimum atomic E-state index is 0.686. The highest BCUT2D eigenvalue weighted by Crippen LogP contribution is 2.25. The van der Waals surface area contributed by atoms with Crippen molar-refractivity contribution in [1.29, 1.82) is 0 Å². The molecule has 1 heterocycles. The lowest BCUT2D eigenvalue weighted by Gasteiger charge is -2.09. The van der Waals surface area contributed by atoms with Gasteiger partial charge in [-0.2, -0.15) is 0 Å². The van der Waals surface area contributed by atoms with E-state index in [-0.39, 0.29) is 0 Å². The quantitative estimate of drug-likeness (QED) is 0.628. The molecule has 4 heteroatoms. The number of benzene rings is 2. The Kier molecular flexibility index (Phi) is 2.96. The van der Waals surface area contributed by atoms with Gasteiger partial charge in [-0.05, 0) is 61.5 Å². The van der Waals surface area contributed by atoms with Crippen LogP contribution in [0.15, 0.2) is 36.4 Å². The molecule has 0 saturated carbocycles. The van der Waals surface area contributed by atoms with Gasteiger partial charge in [-0.1, -0.05) is 23.7 Å². The van der Waals surface area contributed by atoms with Gasteiger partial charge in [-0.15, -0.1) is 0 Å². The van der Waals surface area contributed by atoms with Crippen molar-refractivity contribution in [2.24, 2.45) is 0 Å². The maximum absolute atomic E-state index is 6.10. The average molecular weight is 289 g/mol. The van der Waals surface area contributed by atoms with Crippen molar-refractivity contribution < 1.29 is 0 Å². The van der Waals surface area contributed by atoms with Gasteiger partial charge in [0.25, 0.3) is 0 Å². The molecule has 0 aliphatic rings. The summed E-state index contributed by atoms with van der Waals surface area (Å²) in [5, 5.41) is 0.709. The van der Waals surface area contributed by atoms with Gasteiger partial charge in [0.05, 0.1) is 16.7 Å². The largest absolute Gasteiger partial charge is 0.330 e. The molecule has 0 amide bonds. The third-order valence-corrected chi connectivity index (χ3v) is 3.77. The zero-order chi connectivity index (χ0) is 13.6. The van der Waals surface area contributed by atoms with E-state index in [1.165, 1.54) is 11.1 Å². The number of aryl methyl sites for hydroxylation is 2. The van der Waals surface area contributed by atoms with Crippen LogP contribution in [-0.4, -0.2) is 9.55 Å². The second kappa shape index (κ2) is 4.51. The Balaban J connectivity index is 2.42. The van der Waals surface area contributed by atoms with Crippen molar-refractivity contribution in [2.45, 2.75) is 13.8 Å². The number of hydrogen-bond donors (Lipinski definition) is 1. The van der Waals surface area contributed by atoms with Crippen LogP contribution in [0.5, 0.6) is 0 Å². The third kappa shape index (κ3) is 2.09. The first-order valence-electron chi connectivity index (χ1n) is 6.04. The molecule has 0 atom stereocenters. The molecule has 1 N–H and O–H groups in total. The molecule has 0 fully saturated rings. The third-order valence-electron chi connectivity index (χ3n) is 3.25. The van der Waals surface area contributed by atoms with Crippen LogP contribution in [-0.2, 0) is 0 Å². The Hall–Kier alpha value is -1.58. The molecule has 3 rings (SSSR count). The van der Waals surface area contributed by atoms with E-state index in [2.05, 4.69) is 37.0 Å². The van der Waals surface area contributed by atoms with E-state index >= 15 is 0 Å². The zero-order valence-corrected chi connectivity index (χ0v) is 12.3. The predicted molar refractivity (Wildman–Crippen MR) is 82.9 cm³/mol. The van der Waals surface area contributed by atoms with E-state index < -0.39 is 0 Å². The van der Waals surface area contributed by atoms with Gasteiger partial charge >= 0.3 is 0 Å². The highest BCUT2D eigenvalue weighted by molar-refractivity contribution is 7.71. The first kappa shape index (κ1) is 12.5. The van der Waals surface area contributed by atoms with Gasteiger partial charge in [-0.3, -0.25) is 4.57 Å². The molecule has 2 aromatic carbocycles. The van der Waals surface area contributed by atoms with E-state index in [0.717, 1.165) is 16.7 Å². The topological polar surface area (TPSA) is 20.7 Å². The van der Waals surface area contributed by atoms with Crippen LogP contribution in [0.25, 0.3) is 16.7 Å². The van der Waals surface area contributed by atoms with Gasteiger partial charge in [-0.25, -0.2) is 0 Å². The van der Waals surface area contributed by atoms with Crippen molar-refractivity contribution in [3.8, 4) is 5.69 Å². The van der Waals surface area contributed by atoms with Gasteiger partial charge < -0.3 is 4.98 Å². The van der Waals surface area contributed by atoms with E-state index in [4.69, 9.17) is 23.8 Å². The number of imidazole rings is 1. The standard InChI is InChI=1S/C15H13ClN2S/c1-9-3-4-10(2)13(7-9)18-14-8-11(16)5-6-12(14)17-15(18)19/h3-8H,1-2H3,(H,17,19). The summed E-state index contributed by atoms with van der Waals surface area (Å²) in [6.45, 7) is 4.16. The molecule has 96 valence electrons. The van der Waals surface area contributed by atoms with Crippen LogP contribution in [0, 0.1) is 18.6 Å². The van der Waals surface area contributed by atoms with E-state index in [0.29, 0.717) is 9.79 Å². The number of nitrogens with one attached hydrogen (secondary N) is 1. The Morgan fingerprint density at radius 3 is 2.68 bits per heavy atom. The van der Waals surface area contributed by atoms with Gasteiger partial charge in [0.2, 0.25) is 0 Å². The number of rotatable bonds is 1. The van der Waals surface area contributed by atoms with Crippen molar-refractivity contribution in [2.75, 3.05) is 0 Å². The van der Waals surface area contributed by atoms with E-state index in [1.54, 1.807) is 0 Å². The van der Waals surface area contributed by atoms with Gasteiger partial charge in [0, 0.05) is 5.02 Å². The summed E-state index contributed by atoms with van der Waals surface area (Å²) in [4.78, 5) is 3.22. The van der Waals surface area contributed by atoms with Crippen LogP contribution in [0.3, 0.4) is 0 Å². The van der Waals surface area contributed by atoms with Crippen molar-refractivity contribution in [3.05, 3.63) is 57.3 Å². The fraction of sp³-hybridized carbons (Fsp3) is 0.133. The summed E-state index contributed by atoms with van der Waals surface area (Å²) in [5.41, 5.74) is 5.49. The van der Waals surface area contributed by atoms with Crippen molar-refractivity contribution in [3.63, 3.8) is 0 Å². The van der Waals surface area contributed by atoms with Crippen LogP contribution < -0.4 is 0 Å². The Bertz CT molecular complexity index is 830. The first-order valence-corrected chi connectivity index (χ1v) is 6.83. The number of aromatic amines is 1. The summed E-state index contributed by atoms with van der Waals surface area (Å²) in [5.74, 6) is 0. The lowest BCUT2D eigenvalue weighted by molar-refractivity contribution is 1.04. The fourth-order valence-corrected chi connectivity index (χ4v) is 2.75. The fourth-order valence-electron chi connectivity index (χ4n) is 2.28. The van der Waals surface area contributed by atoms with Crippen molar-refractivity contribution in [1.82, 2.24) is 9.55 Å². The number of hydrogen-bond acceptors (Lipinski definition) is 1. The average Bonchev–Trinajstić information content (AvgIpc) is 2.68. The van der Waals surface area contributed by atoms with Gasteiger partial charge in [0.15, 0.2) is 4.77 Å². The van der Waals surface area contributed by atoms with Crippen LogP contribution in [0.2, 0.25) is 5.02 Å². The molecule has 0 saturated heterocycles. The number of fused-ring (bicyclic) bond motifs is 1. The Morgan fingerprint density at radius 2 is 1.89 bits per heavy atom. The molecule has 0 aliphatic carbocycles. The summed E-state index contributed by atoms with van der Waals surface area (Å²) in [7, 11) is 0. The number of aromatic nitrogens is 2. The second-order valence-electron chi connectivity index (χ2n) is 4.72.